The Bertz CT molecular complexity index is 944. The summed E-state index contributed by atoms with van der Waals surface area (Å²) in [6.45, 7) is -0.0831. The van der Waals surface area contributed by atoms with Gasteiger partial charge in [-0.2, -0.15) is 0 Å². The summed E-state index contributed by atoms with van der Waals surface area (Å²) in [4.78, 5) is 28.3. The summed E-state index contributed by atoms with van der Waals surface area (Å²) >= 11 is 1.40. The minimum Gasteiger partial charge on any atom is -0.299 e. The number of anilines is 1. The SMILES string of the molecule is O=C(Cn1c(=O)cnc2ccccc21)Nc1nnc(C2CC2)s1. The maximum atomic E-state index is 12.2. The lowest BCUT2D eigenvalue weighted by atomic mass is 10.3. The van der Waals surface area contributed by atoms with Crippen LogP contribution in [0.25, 0.3) is 11.0 Å². The number of rotatable bonds is 4. The second-order valence-corrected chi connectivity index (χ2v) is 6.45. The molecule has 2 aromatic heterocycles. The average Bonchev–Trinajstić information content (AvgIpc) is 3.30. The van der Waals surface area contributed by atoms with Gasteiger partial charge in [0.15, 0.2) is 0 Å². The first-order valence-electron chi connectivity index (χ1n) is 7.28. The smallest absolute Gasteiger partial charge is 0.269 e. The first kappa shape index (κ1) is 14.0. The summed E-state index contributed by atoms with van der Waals surface area (Å²) in [7, 11) is 0. The molecular formula is C15H13N5O2S. The highest BCUT2D eigenvalue weighted by atomic mass is 32.1. The quantitative estimate of drug-likeness (QED) is 0.788. The van der Waals surface area contributed by atoms with Crippen molar-refractivity contribution in [1.29, 1.82) is 0 Å². The number of hydrogen-bond donors (Lipinski definition) is 1. The number of carbonyl (C=O) groups excluding carboxylic acids is 1. The molecule has 3 aromatic rings. The average molecular weight is 327 g/mol. The van der Waals surface area contributed by atoms with Gasteiger partial charge in [0.05, 0.1) is 17.2 Å². The number of hydrogen-bond acceptors (Lipinski definition) is 6. The van der Waals surface area contributed by atoms with Crippen LogP contribution in [-0.2, 0) is 11.3 Å². The Morgan fingerprint density at radius 1 is 1.30 bits per heavy atom. The van der Waals surface area contributed by atoms with E-state index in [0.717, 1.165) is 17.8 Å². The van der Waals surface area contributed by atoms with E-state index in [2.05, 4.69) is 20.5 Å². The molecule has 1 saturated carbocycles. The van der Waals surface area contributed by atoms with Gasteiger partial charge >= 0.3 is 0 Å². The molecular weight excluding hydrogens is 314 g/mol. The molecule has 0 radical (unpaired) electrons. The second kappa shape index (κ2) is 5.54. The molecule has 8 heteroatoms. The van der Waals surface area contributed by atoms with Gasteiger partial charge in [0.25, 0.3) is 5.56 Å². The summed E-state index contributed by atoms with van der Waals surface area (Å²) < 4.78 is 1.40. The third-order valence-electron chi connectivity index (χ3n) is 3.67. The van der Waals surface area contributed by atoms with Crippen molar-refractivity contribution in [2.24, 2.45) is 0 Å². The Balaban J connectivity index is 1.56. The van der Waals surface area contributed by atoms with E-state index in [1.165, 1.54) is 22.1 Å². The van der Waals surface area contributed by atoms with Crippen LogP contribution < -0.4 is 10.9 Å². The summed E-state index contributed by atoms with van der Waals surface area (Å²) in [5.74, 6) is 0.201. The third-order valence-corrected chi connectivity index (χ3v) is 4.67. The Morgan fingerprint density at radius 2 is 2.13 bits per heavy atom. The van der Waals surface area contributed by atoms with Gasteiger partial charge < -0.3 is 0 Å². The predicted octanol–water partition coefficient (Wildman–Crippen LogP) is 1.76. The van der Waals surface area contributed by atoms with Crippen molar-refractivity contribution in [3.05, 3.63) is 45.8 Å². The maximum absolute atomic E-state index is 12.2. The molecule has 1 aromatic carbocycles. The molecule has 4 rings (SSSR count). The molecule has 1 amide bonds. The molecule has 0 spiro atoms. The van der Waals surface area contributed by atoms with Crippen LogP contribution in [0.15, 0.2) is 35.3 Å². The maximum Gasteiger partial charge on any atom is 0.269 e. The monoisotopic (exact) mass is 327 g/mol. The largest absolute Gasteiger partial charge is 0.299 e. The normalized spacial score (nSPS) is 14.1. The van der Waals surface area contributed by atoms with Crippen molar-refractivity contribution in [1.82, 2.24) is 19.7 Å². The van der Waals surface area contributed by atoms with E-state index in [9.17, 15) is 9.59 Å². The molecule has 23 heavy (non-hydrogen) atoms. The van der Waals surface area contributed by atoms with E-state index < -0.39 is 0 Å². The Morgan fingerprint density at radius 3 is 2.96 bits per heavy atom. The Labute approximate surface area is 135 Å². The van der Waals surface area contributed by atoms with Gasteiger partial charge in [0, 0.05) is 5.92 Å². The van der Waals surface area contributed by atoms with E-state index in [1.807, 2.05) is 12.1 Å². The lowest BCUT2D eigenvalue weighted by Gasteiger charge is -2.08. The standard InChI is InChI=1S/C15H13N5O2S/c21-12(17-15-19-18-14(23-15)9-5-6-9)8-20-11-4-2-1-3-10(11)16-7-13(20)22/h1-4,7,9H,5-6,8H2,(H,17,19,21). The van der Waals surface area contributed by atoms with E-state index in [-0.39, 0.29) is 18.0 Å². The molecule has 0 bridgehead atoms. The second-order valence-electron chi connectivity index (χ2n) is 5.44. The molecule has 0 aliphatic heterocycles. The van der Waals surface area contributed by atoms with Crippen molar-refractivity contribution in [3.8, 4) is 0 Å². The molecule has 1 N–H and O–H groups in total. The number of fused-ring (bicyclic) bond motifs is 1. The zero-order valence-electron chi connectivity index (χ0n) is 12.1. The van der Waals surface area contributed by atoms with Gasteiger partial charge in [-0.05, 0) is 25.0 Å². The molecule has 0 atom stereocenters. The Kier molecular flexibility index (Phi) is 3.38. The summed E-state index contributed by atoms with van der Waals surface area (Å²) in [6.07, 6.45) is 3.51. The Hall–Kier alpha value is -2.61. The van der Waals surface area contributed by atoms with Crippen molar-refractivity contribution in [2.45, 2.75) is 25.3 Å². The number of aromatic nitrogens is 4. The topological polar surface area (TPSA) is 89.8 Å². The van der Waals surface area contributed by atoms with Gasteiger partial charge in [-0.25, -0.2) is 4.98 Å². The number of carbonyl (C=O) groups is 1. The molecule has 2 heterocycles. The zero-order chi connectivity index (χ0) is 15.8. The first-order chi connectivity index (χ1) is 11.2. The fourth-order valence-electron chi connectivity index (χ4n) is 2.36. The van der Waals surface area contributed by atoms with Crippen LogP contribution in [0.4, 0.5) is 5.13 Å². The number of nitrogens with one attached hydrogen (secondary N) is 1. The molecule has 1 aliphatic rings. The highest BCUT2D eigenvalue weighted by Gasteiger charge is 2.27. The first-order valence-corrected chi connectivity index (χ1v) is 8.10. The third kappa shape index (κ3) is 2.85. The number of benzene rings is 1. The van der Waals surface area contributed by atoms with Crippen molar-refractivity contribution < 1.29 is 4.79 Å². The van der Waals surface area contributed by atoms with E-state index >= 15 is 0 Å². The molecule has 0 unspecified atom stereocenters. The number of nitrogens with zero attached hydrogens (tertiary/aromatic N) is 4. The lowest BCUT2D eigenvalue weighted by Crippen LogP contribution is -2.27. The molecule has 7 nitrogen and oxygen atoms in total. The van der Waals surface area contributed by atoms with E-state index in [0.29, 0.717) is 22.1 Å². The highest BCUT2D eigenvalue weighted by molar-refractivity contribution is 7.15. The van der Waals surface area contributed by atoms with Crippen LogP contribution in [0.3, 0.4) is 0 Å². The number of amides is 1. The van der Waals surface area contributed by atoms with Crippen LogP contribution in [0.2, 0.25) is 0 Å². The minimum atomic E-state index is -0.310. The molecule has 1 aliphatic carbocycles. The molecule has 0 saturated heterocycles. The predicted molar refractivity (Wildman–Crippen MR) is 86.5 cm³/mol. The van der Waals surface area contributed by atoms with E-state index in [4.69, 9.17) is 0 Å². The molecule has 116 valence electrons. The van der Waals surface area contributed by atoms with Crippen LogP contribution >= 0.6 is 11.3 Å². The van der Waals surface area contributed by atoms with Crippen LogP contribution in [0, 0.1) is 0 Å². The van der Waals surface area contributed by atoms with Crippen LogP contribution in [-0.4, -0.2) is 25.7 Å². The van der Waals surface area contributed by atoms with Gasteiger partial charge in [0.2, 0.25) is 11.0 Å². The van der Waals surface area contributed by atoms with Gasteiger partial charge in [-0.3, -0.25) is 19.5 Å². The van der Waals surface area contributed by atoms with Crippen molar-refractivity contribution >= 4 is 33.4 Å². The van der Waals surface area contributed by atoms with E-state index in [1.54, 1.807) is 12.1 Å². The van der Waals surface area contributed by atoms with Crippen LogP contribution in [0.1, 0.15) is 23.8 Å². The van der Waals surface area contributed by atoms with Crippen LogP contribution in [0.5, 0.6) is 0 Å². The van der Waals surface area contributed by atoms with Gasteiger partial charge in [-0.15, -0.1) is 10.2 Å². The summed E-state index contributed by atoms with van der Waals surface area (Å²) in [6, 6.07) is 7.22. The molecule has 1 fully saturated rings. The number of para-hydroxylation sites is 2. The van der Waals surface area contributed by atoms with Gasteiger partial charge in [0.1, 0.15) is 11.6 Å². The fraction of sp³-hybridized carbons (Fsp3) is 0.267. The highest BCUT2D eigenvalue weighted by Crippen LogP contribution is 2.41. The lowest BCUT2D eigenvalue weighted by molar-refractivity contribution is -0.116. The van der Waals surface area contributed by atoms with Crippen molar-refractivity contribution in [3.63, 3.8) is 0 Å². The summed E-state index contributed by atoms with van der Waals surface area (Å²) in [5.41, 5.74) is 0.993. The summed E-state index contributed by atoms with van der Waals surface area (Å²) in [5, 5.41) is 12.2. The minimum absolute atomic E-state index is 0.0831. The van der Waals surface area contributed by atoms with Crippen molar-refractivity contribution in [2.75, 3.05) is 5.32 Å². The van der Waals surface area contributed by atoms with Gasteiger partial charge in [-0.1, -0.05) is 23.5 Å². The fourth-order valence-corrected chi connectivity index (χ4v) is 3.29. The zero-order valence-corrected chi connectivity index (χ0v) is 12.9.